The number of hydrogen-bond donors (Lipinski definition) is 0. The van der Waals surface area contributed by atoms with Crippen LogP contribution in [0.4, 0.5) is 0 Å². The van der Waals surface area contributed by atoms with E-state index in [-0.39, 0.29) is 0 Å². The lowest BCUT2D eigenvalue weighted by molar-refractivity contribution is 1.47. The van der Waals surface area contributed by atoms with Crippen molar-refractivity contribution in [3.63, 3.8) is 0 Å². The summed E-state index contributed by atoms with van der Waals surface area (Å²) in [5.74, 6) is 0. The molecule has 0 N–H and O–H groups in total. The summed E-state index contributed by atoms with van der Waals surface area (Å²) in [6.45, 7) is 2.20. The molecule has 0 atom stereocenters. The van der Waals surface area contributed by atoms with E-state index in [1.165, 1.54) is 49.4 Å². The van der Waals surface area contributed by atoms with E-state index in [2.05, 4.69) is 110 Å². The Hall–Kier alpha value is -3.38. The second kappa shape index (κ2) is 6.41. The monoisotopic (exact) mass is 344 g/mol. The van der Waals surface area contributed by atoms with Crippen LogP contribution in [-0.2, 0) is 0 Å². The van der Waals surface area contributed by atoms with Crippen molar-refractivity contribution in [1.29, 1.82) is 0 Å². The molecule has 5 aromatic rings. The van der Waals surface area contributed by atoms with Crippen LogP contribution in [0.1, 0.15) is 5.56 Å². The van der Waals surface area contributed by atoms with Crippen molar-refractivity contribution in [2.45, 2.75) is 6.92 Å². The average Bonchev–Trinajstić information content (AvgIpc) is 2.74. The molecule has 0 heteroatoms. The van der Waals surface area contributed by atoms with Crippen LogP contribution >= 0.6 is 0 Å². The van der Waals surface area contributed by atoms with Gasteiger partial charge in [-0.1, -0.05) is 103 Å². The molecule has 0 spiro atoms. The molecule has 0 aliphatic heterocycles. The summed E-state index contributed by atoms with van der Waals surface area (Å²) < 4.78 is 0. The Morgan fingerprint density at radius 3 is 1.52 bits per heavy atom. The predicted octanol–water partition coefficient (Wildman–Crippen LogP) is 7.64. The van der Waals surface area contributed by atoms with Gasteiger partial charge in [-0.05, 0) is 56.3 Å². The van der Waals surface area contributed by atoms with Crippen LogP contribution < -0.4 is 0 Å². The minimum Gasteiger partial charge on any atom is -0.0622 e. The Morgan fingerprint density at radius 1 is 0.407 bits per heavy atom. The molecule has 0 aliphatic rings. The van der Waals surface area contributed by atoms with Gasteiger partial charge in [0, 0.05) is 0 Å². The summed E-state index contributed by atoms with van der Waals surface area (Å²) in [5, 5.41) is 5.24. The van der Waals surface area contributed by atoms with Crippen molar-refractivity contribution in [1.82, 2.24) is 0 Å². The van der Waals surface area contributed by atoms with Crippen LogP contribution in [0.25, 0.3) is 43.8 Å². The maximum absolute atomic E-state index is 2.26. The summed E-state index contributed by atoms with van der Waals surface area (Å²) in [4.78, 5) is 0. The molecule has 0 fully saturated rings. The molecule has 0 saturated carbocycles. The van der Waals surface area contributed by atoms with E-state index in [0.29, 0.717) is 0 Å². The molecule has 0 nitrogen and oxygen atoms in total. The van der Waals surface area contributed by atoms with Gasteiger partial charge in [-0.25, -0.2) is 0 Å². The summed E-state index contributed by atoms with van der Waals surface area (Å²) in [6, 6.07) is 37.0. The van der Waals surface area contributed by atoms with Gasteiger partial charge in [-0.2, -0.15) is 0 Å². The van der Waals surface area contributed by atoms with Gasteiger partial charge in [0.1, 0.15) is 0 Å². The van der Waals surface area contributed by atoms with Crippen LogP contribution in [0, 0.1) is 6.92 Å². The molecular formula is C27H20. The normalized spacial score (nSPS) is 11.1. The molecule has 128 valence electrons. The molecule has 27 heavy (non-hydrogen) atoms. The van der Waals surface area contributed by atoms with Gasteiger partial charge >= 0.3 is 0 Å². The Kier molecular flexibility index (Phi) is 3.76. The number of hydrogen-bond acceptors (Lipinski definition) is 0. The van der Waals surface area contributed by atoms with Gasteiger partial charge in [0.25, 0.3) is 0 Å². The Labute approximate surface area is 159 Å². The molecule has 0 amide bonds. The lowest BCUT2D eigenvalue weighted by atomic mass is 9.84. The average molecular weight is 344 g/mol. The second-order valence-electron chi connectivity index (χ2n) is 7.02. The SMILES string of the molecule is Cc1ccccc1-c1c(-c2ccccc2)c2ccccc2c2ccccc12. The lowest BCUT2D eigenvalue weighted by Gasteiger charge is -2.19. The van der Waals surface area contributed by atoms with E-state index >= 15 is 0 Å². The fourth-order valence-electron chi connectivity index (χ4n) is 4.18. The standard InChI is InChI=1S/C27H20/c1-19-11-5-6-14-21(19)27-25-18-10-8-16-23(25)22-15-7-9-17-24(22)26(27)20-12-3-2-4-13-20/h2-18H,1H3. The zero-order chi connectivity index (χ0) is 18.2. The van der Waals surface area contributed by atoms with Crippen LogP contribution in [0.3, 0.4) is 0 Å². The highest BCUT2D eigenvalue weighted by Gasteiger charge is 2.17. The molecule has 0 aliphatic carbocycles. The zero-order valence-corrected chi connectivity index (χ0v) is 15.3. The third-order valence-corrected chi connectivity index (χ3v) is 5.41. The number of rotatable bonds is 2. The molecule has 0 radical (unpaired) electrons. The summed E-state index contributed by atoms with van der Waals surface area (Å²) in [7, 11) is 0. The van der Waals surface area contributed by atoms with Crippen molar-refractivity contribution in [3.8, 4) is 22.3 Å². The van der Waals surface area contributed by atoms with E-state index in [1.54, 1.807) is 0 Å². The van der Waals surface area contributed by atoms with E-state index < -0.39 is 0 Å². The van der Waals surface area contributed by atoms with Crippen LogP contribution in [0.5, 0.6) is 0 Å². The molecule has 0 aromatic heterocycles. The van der Waals surface area contributed by atoms with Crippen molar-refractivity contribution >= 4 is 21.5 Å². The first-order chi connectivity index (χ1) is 13.3. The largest absolute Gasteiger partial charge is 0.0622 e. The number of fused-ring (bicyclic) bond motifs is 3. The van der Waals surface area contributed by atoms with Crippen molar-refractivity contribution in [2.75, 3.05) is 0 Å². The molecule has 0 heterocycles. The van der Waals surface area contributed by atoms with Crippen molar-refractivity contribution in [3.05, 3.63) is 109 Å². The minimum absolute atomic E-state index is 1.26. The summed E-state index contributed by atoms with van der Waals surface area (Å²) in [6.07, 6.45) is 0. The van der Waals surface area contributed by atoms with Crippen LogP contribution in [-0.4, -0.2) is 0 Å². The topological polar surface area (TPSA) is 0 Å². The van der Waals surface area contributed by atoms with Crippen molar-refractivity contribution in [2.24, 2.45) is 0 Å². The maximum atomic E-state index is 2.26. The first-order valence-corrected chi connectivity index (χ1v) is 9.39. The highest BCUT2D eigenvalue weighted by molar-refractivity contribution is 6.21. The van der Waals surface area contributed by atoms with Gasteiger partial charge in [0.15, 0.2) is 0 Å². The molecule has 0 unspecified atom stereocenters. The zero-order valence-electron chi connectivity index (χ0n) is 15.3. The smallest absolute Gasteiger partial charge is 0.00177 e. The van der Waals surface area contributed by atoms with E-state index in [4.69, 9.17) is 0 Å². The number of benzene rings is 5. The first-order valence-electron chi connectivity index (χ1n) is 9.39. The summed E-state index contributed by atoms with van der Waals surface area (Å²) in [5.41, 5.74) is 6.51. The van der Waals surface area contributed by atoms with Crippen LogP contribution in [0.15, 0.2) is 103 Å². The molecule has 0 saturated heterocycles. The highest BCUT2D eigenvalue weighted by atomic mass is 14.2. The second-order valence-corrected chi connectivity index (χ2v) is 7.02. The third-order valence-electron chi connectivity index (χ3n) is 5.41. The fourth-order valence-corrected chi connectivity index (χ4v) is 4.18. The van der Waals surface area contributed by atoms with Gasteiger partial charge in [-0.3, -0.25) is 0 Å². The predicted molar refractivity (Wildman–Crippen MR) is 117 cm³/mol. The van der Waals surface area contributed by atoms with Crippen LogP contribution in [0.2, 0.25) is 0 Å². The van der Waals surface area contributed by atoms with E-state index in [9.17, 15) is 0 Å². The van der Waals surface area contributed by atoms with Gasteiger partial charge in [-0.15, -0.1) is 0 Å². The highest BCUT2D eigenvalue weighted by Crippen LogP contribution is 2.44. The fraction of sp³-hybridized carbons (Fsp3) is 0.0370. The van der Waals surface area contributed by atoms with Crippen molar-refractivity contribution < 1.29 is 0 Å². The number of aryl methyl sites for hydroxylation is 1. The van der Waals surface area contributed by atoms with Gasteiger partial charge < -0.3 is 0 Å². The maximum Gasteiger partial charge on any atom is -0.00177 e. The Balaban J connectivity index is 2.07. The van der Waals surface area contributed by atoms with Gasteiger partial charge in [0.05, 0.1) is 0 Å². The van der Waals surface area contributed by atoms with E-state index in [0.717, 1.165) is 0 Å². The first kappa shape index (κ1) is 15.8. The Morgan fingerprint density at radius 2 is 0.889 bits per heavy atom. The third kappa shape index (κ3) is 2.53. The molecule has 5 rings (SSSR count). The molecular weight excluding hydrogens is 324 g/mol. The summed E-state index contributed by atoms with van der Waals surface area (Å²) >= 11 is 0. The molecule has 0 bridgehead atoms. The minimum atomic E-state index is 1.26. The lowest BCUT2D eigenvalue weighted by Crippen LogP contribution is -1.93. The van der Waals surface area contributed by atoms with Gasteiger partial charge in [0.2, 0.25) is 0 Å². The molecule has 5 aromatic carbocycles. The Bertz CT molecular complexity index is 1260. The van der Waals surface area contributed by atoms with E-state index in [1.807, 2.05) is 0 Å². The quantitative estimate of drug-likeness (QED) is 0.289.